The highest BCUT2D eigenvalue weighted by Crippen LogP contribution is 2.41. The molecule has 1 aliphatic rings. The van der Waals surface area contributed by atoms with Crippen molar-refractivity contribution in [1.29, 1.82) is 0 Å². The molecule has 0 unspecified atom stereocenters. The molecule has 4 nitrogen and oxygen atoms in total. The third-order valence-electron chi connectivity index (χ3n) is 5.61. The number of hydrogen-bond donors (Lipinski definition) is 1. The zero-order valence-electron chi connectivity index (χ0n) is 17.2. The number of halogens is 2. The highest BCUT2D eigenvalue weighted by atomic mass is 35.5. The molecule has 156 valence electrons. The molecule has 0 fully saturated rings. The van der Waals surface area contributed by atoms with E-state index in [1.165, 1.54) is 12.0 Å². The van der Waals surface area contributed by atoms with Crippen LogP contribution in [0.3, 0.4) is 0 Å². The molecule has 4 rings (SSSR count). The molecule has 0 bridgehead atoms. The van der Waals surface area contributed by atoms with Crippen molar-refractivity contribution in [2.75, 3.05) is 12.4 Å². The first kappa shape index (κ1) is 20.8. The number of nitrogens with one attached hydrogen (secondary N) is 1. The van der Waals surface area contributed by atoms with Gasteiger partial charge in [-0.1, -0.05) is 29.3 Å². The molecule has 0 atom stereocenters. The first-order valence-corrected chi connectivity index (χ1v) is 10.7. The second-order valence-electron chi connectivity index (χ2n) is 7.59. The summed E-state index contributed by atoms with van der Waals surface area (Å²) >= 11 is 12.2. The van der Waals surface area contributed by atoms with Gasteiger partial charge in [-0.3, -0.25) is 4.79 Å². The zero-order chi connectivity index (χ0) is 21.4. The number of rotatable bonds is 4. The number of ether oxygens (including phenoxy) is 1. The SMILES string of the molecule is COc1c(/C(C)=C/C(=O)Nc2cccc(Cl)c2Cl)cc2c3c(oc2c1C)CCCC3. The van der Waals surface area contributed by atoms with Crippen LogP contribution in [0.5, 0.6) is 5.75 Å². The van der Waals surface area contributed by atoms with E-state index in [0.717, 1.165) is 58.4 Å². The number of fused-ring (bicyclic) bond motifs is 3. The van der Waals surface area contributed by atoms with Crippen molar-refractivity contribution in [2.24, 2.45) is 0 Å². The van der Waals surface area contributed by atoms with Gasteiger partial charge in [-0.15, -0.1) is 0 Å². The monoisotopic (exact) mass is 443 g/mol. The Labute approximate surface area is 185 Å². The molecule has 0 spiro atoms. The highest BCUT2D eigenvalue weighted by Gasteiger charge is 2.23. The van der Waals surface area contributed by atoms with Crippen LogP contribution in [-0.2, 0) is 17.6 Å². The normalized spacial score (nSPS) is 14.0. The Morgan fingerprint density at radius 2 is 2.00 bits per heavy atom. The van der Waals surface area contributed by atoms with Crippen LogP contribution in [0, 0.1) is 6.92 Å². The van der Waals surface area contributed by atoms with E-state index < -0.39 is 0 Å². The Kier molecular flexibility index (Phi) is 5.81. The highest BCUT2D eigenvalue weighted by molar-refractivity contribution is 6.44. The number of carbonyl (C=O) groups is 1. The van der Waals surface area contributed by atoms with Crippen molar-refractivity contribution < 1.29 is 13.9 Å². The summed E-state index contributed by atoms with van der Waals surface area (Å²) < 4.78 is 11.9. The van der Waals surface area contributed by atoms with Gasteiger partial charge in [-0.25, -0.2) is 0 Å². The predicted molar refractivity (Wildman–Crippen MR) is 123 cm³/mol. The second kappa shape index (κ2) is 8.37. The van der Waals surface area contributed by atoms with Crippen LogP contribution in [0.2, 0.25) is 10.0 Å². The summed E-state index contributed by atoms with van der Waals surface area (Å²) in [6, 6.07) is 7.21. The molecule has 0 saturated heterocycles. The van der Waals surface area contributed by atoms with Crippen LogP contribution in [0.25, 0.3) is 16.5 Å². The summed E-state index contributed by atoms with van der Waals surface area (Å²) in [6.45, 7) is 3.90. The maximum Gasteiger partial charge on any atom is 0.248 e. The lowest BCUT2D eigenvalue weighted by Gasteiger charge is -2.14. The van der Waals surface area contributed by atoms with E-state index >= 15 is 0 Å². The molecule has 2 aromatic carbocycles. The molecule has 1 N–H and O–H groups in total. The molecule has 0 saturated carbocycles. The summed E-state index contributed by atoms with van der Waals surface area (Å²) in [5.74, 6) is 1.51. The predicted octanol–water partition coefficient (Wildman–Crippen LogP) is 6.98. The molecule has 1 aromatic heterocycles. The molecule has 6 heteroatoms. The minimum atomic E-state index is -0.286. The largest absolute Gasteiger partial charge is 0.496 e. The number of methoxy groups -OCH3 is 1. The number of furan rings is 1. The zero-order valence-corrected chi connectivity index (χ0v) is 18.7. The number of allylic oxidation sites excluding steroid dienone is 1. The number of aryl methyl sites for hydroxylation is 3. The molecular formula is C24H23Cl2NO3. The first-order chi connectivity index (χ1) is 14.4. The Morgan fingerprint density at radius 3 is 2.77 bits per heavy atom. The van der Waals surface area contributed by atoms with Gasteiger partial charge in [-0.05, 0) is 56.9 Å². The molecular weight excluding hydrogens is 421 g/mol. The smallest absolute Gasteiger partial charge is 0.248 e. The lowest BCUT2D eigenvalue weighted by molar-refractivity contribution is -0.111. The van der Waals surface area contributed by atoms with Gasteiger partial charge in [0.05, 0.1) is 22.8 Å². The van der Waals surface area contributed by atoms with E-state index in [1.807, 2.05) is 13.8 Å². The van der Waals surface area contributed by atoms with Crippen LogP contribution in [0.15, 0.2) is 34.8 Å². The van der Waals surface area contributed by atoms with Gasteiger partial charge in [0, 0.05) is 34.6 Å². The van der Waals surface area contributed by atoms with Gasteiger partial charge in [0.25, 0.3) is 0 Å². The van der Waals surface area contributed by atoms with Crippen molar-refractivity contribution in [3.05, 3.63) is 62.8 Å². The van der Waals surface area contributed by atoms with Crippen molar-refractivity contribution in [1.82, 2.24) is 0 Å². The van der Waals surface area contributed by atoms with Crippen LogP contribution in [0.1, 0.15) is 42.2 Å². The minimum Gasteiger partial charge on any atom is -0.496 e. The number of hydrogen-bond acceptors (Lipinski definition) is 3. The van der Waals surface area contributed by atoms with E-state index in [9.17, 15) is 4.79 Å². The number of benzene rings is 2. The molecule has 30 heavy (non-hydrogen) atoms. The topological polar surface area (TPSA) is 51.5 Å². The fourth-order valence-corrected chi connectivity index (χ4v) is 4.48. The van der Waals surface area contributed by atoms with E-state index in [4.69, 9.17) is 32.4 Å². The molecule has 0 aliphatic heterocycles. The molecule has 0 radical (unpaired) electrons. The first-order valence-electron chi connectivity index (χ1n) is 9.96. The van der Waals surface area contributed by atoms with Gasteiger partial charge in [0.1, 0.15) is 17.1 Å². The van der Waals surface area contributed by atoms with E-state index in [0.29, 0.717) is 15.7 Å². The standard InChI is InChI=1S/C24H23Cl2NO3/c1-13(11-21(28)27-19-9-6-8-18(25)22(19)26)16-12-17-15-7-4-5-10-20(15)30-24(17)14(2)23(16)29-3/h6,8-9,11-12H,4-5,7,10H2,1-3H3,(H,27,28)/b13-11+. The fourth-order valence-electron chi connectivity index (χ4n) is 4.14. The summed E-state index contributed by atoms with van der Waals surface area (Å²) in [6.07, 6.45) is 5.86. The Hall–Kier alpha value is -2.43. The summed E-state index contributed by atoms with van der Waals surface area (Å²) in [5.41, 5.74) is 5.25. The maximum absolute atomic E-state index is 12.6. The maximum atomic E-state index is 12.6. The van der Waals surface area contributed by atoms with Crippen LogP contribution in [0.4, 0.5) is 5.69 Å². The second-order valence-corrected chi connectivity index (χ2v) is 8.37. The Bertz CT molecular complexity index is 1180. The fraction of sp³-hybridized carbons (Fsp3) is 0.292. The van der Waals surface area contributed by atoms with Gasteiger partial charge < -0.3 is 14.5 Å². The lowest BCUT2D eigenvalue weighted by atomic mass is 9.93. The van der Waals surface area contributed by atoms with Gasteiger partial charge in [-0.2, -0.15) is 0 Å². The molecule has 1 aliphatic carbocycles. The summed E-state index contributed by atoms with van der Waals surface area (Å²) in [4.78, 5) is 12.6. The molecule has 1 amide bonds. The van der Waals surface area contributed by atoms with Crippen molar-refractivity contribution in [3.63, 3.8) is 0 Å². The van der Waals surface area contributed by atoms with Gasteiger partial charge in [0.2, 0.25) is 5.91 Å². The quantitative estimate of drug-likeness (QED) is 0.442. The number of anilines is 1. The van der Waals surface area contributed by atoms with Gasteiger partial charge in [0.15, 0.2) is 0 Å². The average Bonchev–Trinajstić information content (AvgIpc) is 3.10. The van der Waals surface area contributed by atoms with E-state index in [1.54, 1.807) is 31.4 Å². The van der Waals surface area contributed by atoms with Crippen LogP contribution < -0.4 is 10.1 Å². The van der Waals surface area contributed by atoms with Crippen LogP contribution in [-0.4, -0.2) is 13.0 Å². The number of carbonyl (C=O) groups excluding carboxylic acids is 1. The van der Waals surface area contributed by atoms with Crippen molar-refractivity contribution in [3.8, 4) is 5.75 Å². The average molecular weight is 444 g/mol. The van der Waals surface area contributed by atoms with E-state index in [-0.39, 0.29) is 5.91 Å². The van der Waals surface area contributed by atoms with E-state index in [2.05, 4.69) is 11.4 Å². The Morgan fingerprint density at radius 1 is 1.23 bits per heavy atom. The minimum absolute atomic E-state index is 0.286. The van der Waals surface area contributed by atoms with Gasteiger partial charge >= 0.3 is 0 Å². The summed E-state index contributed by atoms with van der Waals surface area (Å²) in [5, 5.41) is 4.62. The number of amides is 1. The molecule has 1 heterocycles. The Balaban J connectivity index is 1.73. The third kappa shape index (κ3) is 3.70. The summed E-state index contributed by atoms with van der Waals surface area (Å²) in [7, 11) is 1.64. The lowest BCUT2D eigenvalue weighted by Crippen LogP contribution is -2.09. The molecule has 3 aromatic rings. The third-order valence-corrected chi connectivity index (χ3v) is 6.43. The van der Waals surface area contributed by atoms with Crippen LogP contribution >= 0.6 is 23.2 Å². The van der Waals surface area contributed by atoms with Crippen molar-refractivity contribution >= 4 is 51.3 Å². The van der Waals surface area contributed by atoms with Crippen molar-refractivity contribution in [2.45, 2.75) is 39.5 Å².